The van der Waals surface area contributed by atoms with Gasteiger partial charge in [0.15, 0.2) is 0 Å². The molecule has 5 nitrogen and oxygen atoms in total. The molecule has 1 heterocycles. The fourth-order valence-electron chi connectivity index (χ4n) is 1.80. The summed E-state index contributed by atoms with van der Waals surface area (Å²) in [5, 5.41) is 3.19. The van der Waals surface area contributed by atoms with Gasteiger partial charge in [0.1, 0.15) is 6.04 Å². The molecule has 0 bridgehead atoms. The summed E-state index contributed by atoms with van der Waals surface area (Å²) in [6.45, 7) is 5.11. The lowest BCUT2D eigenvalue weighted by Crippen LogP contribution is -2.50. The molecule has 1 N–H and O–H groups in total. The van der Waals surface area contributed by atoms with Crippen LogP contribution < -0.4 is 5.32 Å². The topological polar surface area (TPSA) is 58.6 Å². The minimum atomic E-state index is -0.672. The Hall–Kier alpha value is -0.460. The van der Waals surface area contributed by atoms with Crippen LogP contribution >= 0.6 is 0 Å². The van der Waals surface area contributed by atoms with Crippen molar-refractivity contribution in [2.75, 3.05) is 44.8 Å². The van der Waals surface area contributed by atoms with E-state index in [0.29, 0.717) is 18.1 Å². The summed E-state index contributed by atoms with van der Waals surface area (Å²) in [7, 11) is 0.739. The van der Waals surface area contributed by atoms with Gasteiger partial charge in [-0.2, -0.15) is 0 Å². The molecular formula is C11H22N2O3S. The van der Waals surface area contributed by atoms with E-state index in [4.69, 9.17) is 4.74 Å². The highest BCUT2D eigenvalue weighted by Gasteiger charge is 2.23. The highest BCUT2D eigenvalue weighted by molar-refractivity contribution is 7.85. The second-order valence-corrected chi connectivity index (χ2v) is 5.87. The van der Waals surface area contributed by atoms with Gasteiger partial charge in [0.05, 0.1) is 7.11 Å². The number of nitrogens with zero attached hydrogens (tertiary/aromatic N) is 1. The van der Waals surface area contributed by atoms with Crippen LogP contribution in [0.25, 0.3) is 0 Å². The summed E-state index contributed by atoms with van der Waals surface area (Å²) in [5.74, 6) is 1.20. The first kappa shape index (κ1) is 14.6. The van der Waals surface area contributed by atoms with Gasteiger partial charge in [0, 0.05) is 41.9 Å². The predicted molar refractivity (Wildman–Crippen MR) is 68.4 cm³/mol. The van der Waals surface area contributed by atoms with E-state index >= 15 is 0 Å². The normalized spacial score (nSPS) is 20.1. The molecular weight excluding hydrogens is 240 g/mol. The summed E-state index contributed by atoms with van der Waals surface area (Å²) in [6, 6.07) is -0.272. The highest BCUT2D eigenvalue weighted by Crippen LogP contribution is 2.02. The largest absolute Gasteiger partial charge is 0.468 e. The van der Waals surface area contributed by atoms with Crippen molar-refractivity contribution in [3.05, 3.63) is 0 Å². The van der Waals surface area contributed by atoms with Crippen LogP contribution in [-0.4, -0.2) is 65.9 Å². The molecule has 6 heteroatoms. The molecule has 0 aliphatic carbocycles. The maximum absolute atomic E-state index is 11.6. The first-order chi connectivity index (χ1) is 8.17. The Morgan fingerprint density at radius 2 is 2.12 bits per heavy atom. The fourth-order valence-corrected chi connectivity index (χ4v) is 2.93. The molecule has 0 aromatic heterocycles. The molecule has 1 atom stereocenters. The second-order valence-electron chi connectivity index (χ2n) is 4.18. The van der Waals surface area contributed by atoms with Crippen molar-refractivity contribution in [3.63, 3.8) is 0 Å². The van der Waals surface area contributed by atoms with Gasteiger partial charge in [-0.3, -0.25) is 13.9 Å². The third-order valence-corrected chi connectivity index (χ3v) is 4.11. The number of rotatable bonds is 6. The van der Waals surface area contributed by atoms with Gasteiger partial charge in [-0.25, -0.2) is 0 Å². The molecule has 0 amide bonds. The lowest BCUT2D eigenvalue weighted by Gasteiger charge is -2.29. The number of nitrogens with one attached hydrogen (secondary N) is 1. The third kappa shape index (κ3) is 5.14. The summed E-state index contributed by atoms with van der Waals surface area (Å²) < 4.78 is 16.0. The maximum atomic E-state index is 11.6. The Morgan fingerprint density at radius 1 is 1.47 bits per heavy atom. The van der Waals surface area contributed by atoms with Gasteiger partial charge in [-0.05, 0) is 13.0 Å². The molecule has 1 saturated heterocycles. The summed E-state index contributed by atoms with van der Waals surface area (Å²) in [5.41, 5.74) is 0. The Labute approximate surface area is 105 Å². The van der Waals surface area contributed by atoms with E-state index in [1.807, 2.05) is 0 Å². The van der Waals surface area contributed by atoms with Gasteiger partial charge >= 0.3 is 5.97 Å². The second kappa shape index (κ2) is 7.79. The molecule has 100 valence electrons. The molecule has 1 unspecified atom stereocenters. The molecule has 0 aromatic carbocycles. The molecule has 0 spiro atoms. The molecule has 0 aromatic rings. The van der Waals surface area contributed by atoms with E-state index in [2.05, 4.69) is 17.1 Å². The Morgan fingerprint density at radius 3 is 2.65 bits per heavy atom. The van der Waals surface area contributed by atoms with E-state index < -0.39 is 10.8 Å². The minimum Gasteiger partial charge on any atom is -0.468 e. The van der Waals surface area contributed by atoms with Gasteiger partial charge in [0.25, 0.3) is 0 Å². The van der Waals surface area contributed by atoms with Crippen LogP contribution in [-0.2, 0) is 20.3 Å². The third-order valence-electron chi connectivity index (χ3n) is 2.84. The molecule has 17 heavy (non-hydrogen) atoms. The van der Waals surface area contributed by atoms with E-state index in [1.165, 1.54) is 7.11 Å². The van der Waals surface area contributed by atoms with E-state index in [1.54, 1.807) is 0 Å². The SMILES string of the molecule is CCCNC(CN1CCS(=O)CC1)C(=O)OC. The number of esters is 1. The number of carbonyl (C=O) groups is 1. The molecule has 0 radical (unpaired) electrons. The van der Waals surface area contributed by atoms with Crippen LogP contribution in [0.3, 0.4) is 0 Å². The number of hydrogen-bond acceptors (Lipinski definition) is 5. The van der Waals surface area contributed by atoms with Crippen LogP contribution in [0, 0.1) is 0 Å². The van der Waals surface area contributed by atoms with Gasteiger partial charge in [-0.15, -0.1) is 0 Å². The zero-order chi connectivity index (χ0) is 12.7. The van der Waals surface area contributed by atoms with Crippen LogP contribution in [0.2, 0.25) is 0 Å². The zero-order valence-electron chi connectivity index (χ0n) is 10.6. The molecule has 1 rings (SSSR count). The Kier molecular flexibility index (Phi) is 6.69. The van der Waals surface area contributed by atoms with E-state index in [-0.39, 0.29) is 12.0 Å². The van der Waals surface area contributed by atoms with Crippen LogP contribution in [0.15, 0.2) is 0 Å². The van der Waals surface area contributed by atoms with Crippen LogP contribution in [0.5, 0.6) is 0 Å². The summed E-state index contributed by atoms with van der Waals surface area (Å²) in [4.78, 5) is 13.8. The number of hydrogen-bond donors (Lipinski definition) is 1. The van der Waals surface area contributed by atoms with Crippen molar-refractivity contribution in [3.8, 4) is 0 Å². The Balaban J connectivity index is 2.41. The average Bonchev–Trinajstić information content (AvgIpc) is 2.36. The number of ether oxygens (including phenoxy) is 1. The Bertz CT molecular complexity index is 263. The first-order valence-electron chi connectivity index (χ1n) is 6.06. The van der Waals surface area contributed by atoms with Gasteiger partial charge < -0.3 is 10.1 Å². The summed E-state index contributed by atoms with van der Waals surface area (Å²) >= 11 is 0. The van der Waals surface area contributed by atoms with Crippen LogP contribution in [0.1, 0.15) is 13.3 Å². The number of methoxy groups -OCH3 is 1. The zero-order valence-corrected chi connectivity index (χ0v) is 11.4. The lowest BCUT2D eigenvalue weighted by atomic mass is 10.2. The van der Waals surface area contributed by atoms with Gasteiger partial charge in [-0.1, -0.05) is 6.92 Å². The molecule has 1 fully saturated rings. The smallest absolute Gasteiger partial charge is 0.324 e. The standard InChI is InChI=1S/C11H22N2O3S/c1-3-4-12-10(11(14)16-2)9-13-5-7-17(15)8-6-13/h10,12H,3-9H2,1-2H3. The van der Waals surface area contributed by atoms with E-state index in [0.717, 1.165) is 26.1 Å². The van der Waals surface area contributed by atoms with Crippen molar-refractivity contribution in [2.24, 2.45) is 0 Å². The highest BCUT2D eigenvalue weighted by atomic mass is 32.2. The number of carbonyl (C=O) groups excluding carboxylic acids is 1. The molecule has 1 aliphatic rings. The van der Waals surface area contributed by atoms with Crippen molar-refractivity contribution in [1.29, 1.82) is 0 Å². The maximum Gasteiger partial charge on any atom is 0.324 e. The minimum absolute atomic E-state index is 0.217. The van der Waals surface area contributed by atoms with Crippen molar-refractivity contribution < 1.29 is 13.7 Å². The van der Waals surface area contributed by atoms with Crippen LogP contribution in [0.4, 0.5) is 0 Å². The van der Waals surface area contributed by atoms with Crippen molar-refractivity contribution in [2.45, 2.75) is 19.4 Å². The van der Waals surface area contributed by atoms with E-state index in [9.17, 15) is 9.00 Å². The molecule has 0 saturated carbocycles. The predicted octanol–water partition coefficient (Wildman–Crippen LogP) is -0.408. The average molecular weight is 262 g/mol. The van der Waals surface area contributed by atoms with Crippen molar-refractivity contribution >= 4 is 16.8 Å². The van der Waals surface area contributed by atoms with Crippen molar-refractivity contribution in [1.82, 2.24) is 10.2 Å². The summed E-state index contributed by atoms with van der Waals surface area (Å²) in [6.07, 6.45) is 0.984. The quantitative estimate of drug-likeness (QED) is 0.660. The first-order valence-corrected chi connectivity index (χ1v) is 7.54. The fraction of sp³-hybridized carbons (Fsp3) is 0.909. The molecule has 1 aliphatic heterocycles. The van der Waals surface area contributed by atoms with Gasteiger partial charge in [0.2, 0.25) is 0 Å². The lowest BCUT2D eigenvalue weighted by molar-refractivity contribution is -0.143. The monoisotopic (exact) mass is 262 g/mol.